The second-order valence-electron chi connectivity index (χ2n) is 18.6. The molecular weight excluding hydrogens is 817 g/mol. The standard InChI is InChI=1S/C60H104O6/c1-4-7-10-13-16-19-22-25-27-29-30-31-33-35-38-41-44-47-50-53-59(62)65-56-57(55-64-58(61)52-49-46-43-40-37-34-24-21-18-15-12-9-6-3)66-60(63)54-51-48-45-42-39-36-32-28-26-23-20-17-14-11-8-5-2/h9,12,15,18,21,24,29-30,34,37,40,43,57H,4-8,10-11,13-14,16-17,19-20,22-23,25-28,31-33,35-36,38-39,41-42,44-56H2,1-3H3/b12-9+,18-15+,24-21+,30-29+,37-34+,43-40+. The van der Waals surface area contributed by atoms with Gasteiger partial charge in [-0.1, -0.05) is 267 Å². The Bertz CT molecular complexity index is 1240. The van der Waals surface area contributed by atoms with E-state index in [-0.39, 0.29) is 37.5 Å². The van der Waals surface area contributed by atoms with Gasteiger partial charge in [0, 0.05) is 19.3 Å². The van der Waals surface area contributed by atoms with Gasteiger partial charge in [-0.05, 0) is 57.8 Å². The van der Waals surface area contributed by atoms with Gasteiger partial charge in [-0.15, -0.1) is 0 Å². The van der Waals surface area contributed by atoms with Crippen LogP contribution in [-0.2, 0) is 28.6 Å². The predicted molar refractivity (Wildman–Crippen MR) is 284 cm³/mol. The first-order valence-electron chi connectivity index (χ1n) is 28.0. The summed E-state index contributed by atoms with van der Waals surface area (Å²) < 4.78 is 16.8. The number of ether oxygens (including phenoxy) is 3. The Hall–Kier alpha value is -3.15. The van der Waals surface area contributed by atoms with Gasteiger partial charge in [-0.3, -0.25) is 14.4 Å². The number of hydrogen-bond acceptors (Lipinski definition) is 6. The Morgan fingerprint density at radius 1 is 0.318 bits per heavy atom. The molecule has 0 aromatic carbocycles. The van der Waals surface area contributed by atoms with E-state index in [1.807, 2.05) is 54.7 Å². The van der Waals surface area contributed by atoms with Gasteiger partial charge in [0.2, 0.25) is 0 Å². The lowest BCUT2D eigenvalue weighted by molar-refractivity contribution is -0.167. The molecule has 0 radical (unpaired) electrons. The summed E-state index contributed by atoms with van der Waals surface area (Å²) in [6, 6.07) is 0. The summed E-state index contributed by atoms with van der Waals surface area (Å²) in [7, 11) is 0. The van der Waals surface area contributed by atoms with Gasteiger partial charge >= 0.3 is 17.9 Å². The monoisotopic (exact) mass is 921 g/mol. The molecule has 0 saturated heterocycles. The molecule has 0 aliphatic carbocycles. The van der Waals surface area contributed by atoms with E-state index in [4.69, 9.17) is 14.2 Å². The molecular formula is C60H104O6. The number of carbonyl (C=O) groups excluding carboxylic acids is 3. The van der Waals surface area contributed by atoms with Crippen molar-refractivity contribution in [3.63, 3.8) is 0 Å². The fourth-order valence-corrected chi connectivity index (χ4v) is 7.88. The van der Waals surface area contributed by atoms with Crippen molar-refractivity contribution in [2.24, 2.45) is 0 Å². The number of allylic oxidation sites excluding steroid dienone is 12. The maximum absolute atomic E-state index is 12.8. The zero-order valence-corrected chi connectivity index (χ0v) is 43.4. The molecule has 1 unspecified atom stereocenters. The van der Waals surface area contributed by atoms with Crippen molar-refractivity contribution in [2.75, 3.05) is 13.2 Å². The summed E-state index contributed by atoms with van der Waals surface area (Å²) >= 11 is 0. The third kappa shape index (κ3) is 51.8. The van der Waals surface area contributed by atoms with Gasteiger partial charge in [-0.2, -0.15) is 0 Å². The van der Waals surface area contributed by atoms with Crippen LogP contribution < -0.4 is 0 Å². The topological polar surface area (TPSA) is 78.9 Å². The highest BCUT2D eigenvalue weighted by molar-refractivity contribution is 5.71. The maximum Gasteiger partial charge on any atom is 0.306 e. The first kappa shape index (κ1) is 62.8. The largest absolute Gasteiger partial charge is 0.462 e. The molecule has 0 aromatic rings. The molecule has 0 bridgehead atoms. The van der Waals surface area contributed by atoms with Crippen molar-refractivity contribution in [3.8, 4) is 0 Å². The van der Waals surface area contributed by atoms with Crippen molar-refractivity contribution >= 4 is 17.9 Å². The van der Waals surface area contributed by atoms with E-state index >= 15 is 0 Å². The first-order valence-corrected chi connectivity index (χ1v) is 28.0. The van der Waals surface area contributed by atoms with Gasteiger partial charge in [0.15, 0.2) is 6.10 Å². The van der Waals surface area contributed by atoms with Crippen LogP contribution >= 0.6 is 0 Å². The zero-order valence-electron chi connectivity index (χ0n) is 43.4. The van der Waals surface area contributed by atoms with Gasteiger partial charge in [0.25, 0.3) is 0 Å². The van der Waals surface area contributed by atoms with E-state index in [1.54, 1.807) is 0 Å². The second kappa shape index (κ2) is 54.5. The third-order valence-electron chi connectivity index (χ3n) is 12.1. The van der Waals surface area contributed by atoms with Crippen molar-refractivity contribution in [3.05, 3.63) is 72.9 Å². The van der Waals surface area contributed by atoms with Gasteiger partial charge in [0.1, 0.15) is 13.2 Å². The highest BCUT2D eigenvalue weighted by Crippen LogP contribution is 2.16. The summed E-state index contributed by atoms with van der Waals surface area (Å²) in [5.74, 6) is -0.970. The van der Waals surface area contributed by atoms with Crippen LogP contribution in [0.1, 0.15) is 271 Å². The van der Waals surface area contributed by atoms with Crippen LogP contribution in [0.15, 0.2) is 72.9 Å². The van der Waals surface area contributed by atoms with Crippen molar-refractivity contribution in [2.45, 2.75) is 277 Å². The van der Waals surface area contributed by atoms with Crippen LogP contribution in [0.25, 0.3) is 0 Å². The van der Waals surface area contributed by atoms with E-state index in [9.17, 15) is 14.4 Å². The van der Waals surface area contributed by atoms with Crippen molar-refractivity contribution in [1.82, 2.24) is 0 Å². The number of esters is 3. The third-order valence-corrected chi connectivity index (χ3v) is 12.1. The maximum atomic E-state index is 12.8. The number of carbonyl (C=O) groups is 3. The molecule has 1 atom stereocenters. The Morgan fingerprint density at radius 3 is 1.02 bits per heavy atom. The molecule has 0 heterocycles. The molecule has 0 aliphatic heterocycles. The fourth-order valence-electron chi connectivity index (χ4n) is 7.88. The Labute approximate surface area is 408 Å². The molecule has 0 aromatic heterocycles. The van der Waals surface area contributed by atoms with Gasteiger partial charge < -0.3 is 14.2 Å². The van der Waals surface area contributed by atoms with Crippen molar-refractivity contribution in [1.29, 1.82) is 0 Å². The minimum Gasteiger partial charge on any atom is -0.462 e. The average Bonchev–Trinajstić information content (AvgIpc) is 3.31. The normalized spacial score (nSPS) is 12.6. The minimum atomic E-state index is -0.804. The molecule has 66 heavy (non-hydrogen) atoms. The molecule has 6 nitrogen and oxygen atoms in total. The van der Waals surface area contributed by atoms with Gasteiger partial charge in [-0.25, -0.2) is 0 Å². The molecule has 6 heteroatoms. The van der Waals surface area contributed by atoms with E-state index in [1.165, 1.54) is 173 Å². The van der Waals surface area contributed by atoms with Crippen molar-refractivity contribution < 1.29 is 28.6 Å². The number of hydrogen-bond donors (Lipinski definition) is 0. The smallest absolute Gasteiger partial charge is 0.306 e. The first-order chi connectivity index (χ1) is 32.5. The predicted octanol–water partition coefficient (Wildman–Crippen LogP) is 18.6. The lowest BCUT2D eigenvalue weighted by atomic mass is 10.0. The lowest BCUT2D eigenvalue weighted by Crippen LogP contribution is -2.30. The van der Waals surface area contributed by atoms with Crippen LogP contribution in [0, 0.1) is 0 Å². The summed E-state index contributed by atoms with van der Waals surface area (Å²) in [6.45, 7) is 6.45. The number of rotatable bonds is 50. The van der Waals surface area contributed by atoms with Crippen LogP contribution in [0.5, 0.6) is 0 Å². The van der Waals surface area contributed by atoms with E-state index < -0.39 is 6.10 Å². The average molecular weight is 921 g/mol. The highest BCUT2D eigenvalue weighted by atomic mass is 16.6. The quantitative estimate of drug-likeness (QED) is 0.0199. The zero-order chi connectivity index (χ0) is 47.9. The Balaban J connectivity index is 4.41. The highest BCUT2D eigenvalue weighted by Gasteiger charge is 2.19. The molecule has 380 valence electrons. The molecule has 0 amide bonds. The van der Waals surface area contributed by atoms with Crippen LogP contribution in [0.3, 0.4) is 0 Å². The minimum absolute atomic E-state index is 0.0981. The second-order valence-corrected chi connectivity index (χ2v) is 18.6. The SMILES string of the molecule is CC/C=C/C=C/C=C/C=C/C=C/CCCC(=O)OCC(COC(=O)CCCCCCCCC/C=C/CCCCCCCCCC)OC(=O)CCCCCCCCCCCCCCCCCC. The molecule has 0 saturated carbocycles. The Kier molecular flexibility index (Phi) is 51.9. The molecule has 0 fully saturated rings. The molecule has 0 aliphatic rings. The molecule has 0 spiro atoms. The van der Waals surface area contributed by atoms with E-state index in [0.29, 0.717) is 19.3 Å². The van der Waals surface area contributed by atoms with E-state index in [0.717, 1.165) is 51.4 Å². The van der Waals surface area contributed by atoms with Crippen LogP contribution in [0.4, 0.5) is 0 Å². The van der Waals surface area contributed by atoms with Crippen LogP contribution in [0.2, 0.25) is 0 Å². The summed E-state index contributed by atoms with van der Waals surface area (Å²) in [4.78, 5) is 38.1. The molecule has 0 rings (SSSR count). The Morgan fingerprint density at radius 2 is 0.621 bits per heavy atom. The van der Waals surface area contributed by atoms with Crippen LogP contribution in [-0.4, -0.2) is 37.2 Å². The summed E-state index contributed by atoms with van der Waals surface area (Å²) in [5.41, 5.74) is 0. The van der Waals surface area contributed by atoms with Gasteiger partial charge in [0.05, 0.1) is 0 Å². The summed E-state index contributed by atoms with van der Waals surface area (Å²) in [6.07, 6.45) is 69.0. The van der Waals surface area contributed by atoms with E-state index in [2.05, 4.69) is 39.0 Å². The fraction of sp³-hybridized carbons (Fsp3) is 0.750. The molecule has 0 N–H and O–H groups in total. The lowest BCUT2D eigenvalue weighted by Gasteiger charge is -2.18. The number of unbranched alkanes of at least 4 members (excludes halogenated alkanes) is 31. The summed E-state index contributed by atoms with van der Waals surface area (Å²) in [5, 5.41) is 0.